The second-order valence-electron chi connectivity index (χ2n) is 5.06. The van der Waals surface area contributed by atoms with Crippen molar-refractivity contribution in [3.63, 3.8) is 0 Å². The standard InChI is InChI=1S/C14H20N4O2/c1-9(2)18-13-12(8-16-18)11(7-10(3)17-13)14(20)15-5-4-6-19/h7-9,19H,4-6H2,1-3H3,(H,15,20). The predicted octanol–water partition coefficient (Wildman–Crippen LogP) is 1.43. The molecule has 0 fully saturated rings. The van der Waals surface area contributed by atoms with Gasteiger partial charge in [0.1, 0.15) is 0 Å². The van der Waals surface area contributed by atoms with Crippen molar-refractivity contribution in [2.24, 2.45) is 0 Å². The Morgan fingerprint density at radius 2 is 2.25 bits per heavy atom. The second kappa shape index (κ2) is 6.00. The van der Waals surface area contributed by atoms with Crippen molar-refractivity contribution in [3.8, 4) is 0 Å². The number of aromatic nitrogens is 3. The largest absolute Gasteiger partial charge is 0.396 e. The second-order valence-corrected chi connectivity index (χ2v) is 5.06. The molecule has 6 nitrogen and oxygen atoms in total. The maximum atomic E-state index is 12.2. The van der Waals surface area contributed by atoms with Gasteiger partial charge in [-0.2, -0.15) is 5.10 Å². The topological polar surface area (TPSA) is 80.0 Å². The Kier molecular flexibility index (Phi) is 4.34. The highest BCUT2D eigenvalue weighted by Crippen LogP contribution is 2.20. The van der Waals surface area contributed by atoms with E-state index in [1.54, 1.807) is 12.3 Å². The monoisotopic (exact) mass is 276 g/mol. The summed E-state index contributed by atoms with van der Waals surface area (Å²) in [5.74, 6) is -0.155. The third-order valence-electron chi connectivity index (χ3n) is 3.05. The lowest BCUT2D eigenvalue weighted by molar-refractivity contribution is 0.0952. The van der Waals surface area contributed by atoms with Crippen LogP contribution in [-0.2, 0) is 0 Å². The molecule has 0 saturated heterocycles. The quantitative estimate of drug-likeness (QED) is 0.810. The molecule has 0 aromatic carbocycles. The van der Waals surface area contributed by atoms with Crippen LogP contribution in [0.5, 0.6) is 0 Å². The molecule has 2 heterocycles. The Labute approximate surface area is 117 Å². The first-order valence-electron chi connectivity index (χ1n) is 6.78. The number of aliphatic hydroxyl groups excluding tert-OH is 1. The van der Waals surface area contributed by atoms with Gasteiger partial charge in [-0.05, 0) is 33.3 Å². The summed E-state index contributed by atoms with van der Waals surface area (Å²) in [6.07, 6.45) is 2.23. The zero-order valence-electron chi connectivity index (χ0n) is 12.1. The number of rotatable bonds is 5. The first-order chi connectivity index (χ1) is 9.54. The van der Waals surface area contributed by atoms with E-state index >= 15 is 0 Å². The number of hydrogen-bond donors (Lipinski definition) is 2. The highest BCUT2D eigenvalue weighted by Gasteiger charge is 2.16. The van der Waals surface area contributed by atoms with Gasteiger partial charge >= 0.3 is 0 Å². The number of fused-ring (bicyclic) bond motifs is 1. The molecule has 0 saturated carbocycles. The number of aliphatic hydroxyl groups is 1. The smallest absolute Gasteiger partial charge is 0.252 e. The van der Waals surface area contributed by atoms with E-state index in [0.717, 1.165) is 16.7 Å². The number of carbonyl (C=O) groups is 1. The Bertz CT molecular complexity index is 619. The van der Waals surface area contributed by atoms with E-state index < -0.39 is 0 Å². The van der Waals surface area contributed by atoms with E-state index in [0.29, 0.717) is 18.5 Å². The molecule has 0 bridgehead atoms. The van der Waals surface area contributed by atoms with Crippen LogP contribution in [0.3, 0.4) is 0 Å². The number of nitrogens with zero attached hydrogens (tertiary/aromatic N) is 3. The molecule has 2 N–H and O–H groups in total. The van der Waals surface area contributed by atoms with Crippen LogP contribution in [-0.4, -0.2) is 38.9 Å². The van der Waals surface area contributed by atoms with Gasteiger partial charge in [0.25, 0.3) is 5.91 Å². The van der Waals surface area contributed by atoms with Gasteiger partial charge in [-0.15, -0.1) is 0 Å². The van der Waals surface area contributed by atoms with Crippen molar-refractivity contribution >= 4 is 16.9 Å². The maximum absolute atomic E-state index is 12.2. The molecule has 0 radical (unpaired) electrons. The van der Waals surface area contributed by atoms with Gasteiger partial charge in [-0.1, -0.05) is 0 Å². The normalized spacial score (nSPS) is 11.2. The summed E-state index contributed by atoms with van der Waals surface area (Å²) in [7, 11) is 0. The minimum Gasteiger partial charge on any atom is -0.396 e. The first kappa shape index (κ1) is 14.5. The molecule has 0 aliphatic rings. The Morgan fingerprint density at radius 1 is 1.50 bits per heavy atom. The number of pyridine rings is 1. The highest BCUT2D eigenvalue weighted by molar-refractivity contribution is 6.05. The summed E-state index contributed by atoms with van der Waals surface area (Å²) in [6.45, 7) is 6.43. The van der Waals surface area contributed by atoms with Gasteiger partial charge in [0, 0.05) is 24.9 Å². The molecule has 1 amide bonds. The van der Waals surface area contributed by atoms with Crippen LogP contribution in [0.1, 0.15) is 42.4 Å². The molecule has 0 aliphatic carbocycles. The van der Waals surface area contributed by atoms with Gasteiger partial charge in [0.05, 0.1) is 17.1 Å². The molecular formula is C14H20N4O2. The van der Waals surface area contributed by atoms with Crippen molar-refractivity contribution in [1.82, 2.24) is 20.1 Å². The van der Waals surface area contributed by atoms with Gasteiger partial charge in [0.2, 0.25) is 0 Å². The van der Waals surface area contributed by atoms with Gasteiger partial charge in [-0.3, -0.25) is 4.79 Å². The van der Waals surface area contributed by atoms with Crippen LogP contribution in [0, 0.1) is 6.92 Å². The third kappa shape index (κ3) is 2.80. The SMILES string of the molecule is Cc1cc(C(=O)NCCCO)c2cnn(C(C)C)c2n1. The van der Waals surface area contributed by atoms with Crippen LogP contribution in [0.25, 0.3) is 11.0 Å². The van der Waals surface area contributed by atoms with E-state index in [1.807, 2.05) is 25.5 Å². The van der Waals surface area contributed by atoms with Crippen LogP contribution >= 0.6 is 0 Å². The molecular weight excluding hydrogens is 256 g/mol. The summed E-state index contributed by atoms with van der Waals surface area (Å²) in [5.41, 5.74) is 2.09. The molecule has 2 aromatic rings. The number of amides is 1. The summed E-state index contributed by atoms with van der Waals surface area (Å²) in [6, 6.07) is 1.95. The molecule has 0 spiro atoms. The number of aryl methyl sites for hydroxylation is 1. The van der Waals surface area contributed by atoms with Crippen molar-refractivity contribution < 1.29 is 9.90 Å². The third-order valence-corrected chi connectivity index (χ3v) is 3.05. The fourth-order valence-corrected chi connectivity index (χ4v) is 2.09. The molecule has 0 atom stereocenters. The van der Waals surface area contributed by atoms with Gasteiger partial charge in [-0.25, -0.2) is 9.67 Å². The molecule has 0 aliphatic heterocycles. The number of carbonyl (C=O) groups excluding carboxylic acids is 1. The first-order valence-corrected chi connectivity index (χ1v) is 6.78. The minimum absolute atomic E-state index is 0.0658. The molecule has 2 aromatic heterocycles. The average Bonchev–Trinajstić information content (AvgIpc) is 2.81. The van der Waals surface area contributed by atoms with Crippen LogP contribution in [0.4, 0.5) is 0 Å². The summed E-state index contributed by atoms with van der Waals surface area (Å²) < 4.78 is 1.81. The van der Waals surface area contributed by atoms with Crippen molar-refractivity contribution in [2.75, 3.05) is 13.2 Å². The van der Waals surface area contributed by atoms with E-state index in [-0.39, 0.29) is 18.6 Å². The van der Waals surface area contributed by atoms with Crippen LogP contribution in [0.15, 0.2) is 12.3 Å². The van der Waals surface area contributed by atoms with Crippen molar-refractivity contribution in [1.29, 1.82) is 0 Å². The van der Waals surface area contributed by atoms with E-state index in [2.05, 4.69) is 15.4 Å². The van der Waals surface area contributed by atoms with E-state index in [4.69, 9.17) is 5.11 Å². The Hall–Kier alpha value is -1.95. The zero-order valence-corrected chi connectivity index (χ0v) is 12.1. The molecule has 6 heteroatoms. The van der Waals surface area contributed by atoms with E-state index in [1.165, 1.54) is 0 Å². The zero-order chi connectivity index (χ0) is 14.7. The molecule has 108 valence electrons. The van der Waals surface area contributed by atoms with Crippen molar-refractivity contribution in [2.45, 2.75) is 33.2 Å². The molecule has 2 rings (SSSR count). The fourth-order valence-electron chi connectivity index (χ4n) is 2.09. The Morgan fingerprint density at radius 3 is 2.90 bits per heavy atom. The predicted molar refractivity (Wildman–Crippen MR) is 76.7 cm³/mol. The van der Waals surface area contributed by atoms with Gasteiger partial charge in [0.15, 0.2) is 5.65 Å². The maximum Gasteiger partial charge on any atom is 0.252 e. The van der Waals surface area contributed by atoms with Gasteiger partial charge < -0.3 is 10.4 Å². The fraction of sp³-hybridized carbons (Fsp3) is 0.500. The highest BCUT2D eigenvalue weighted by atomic mass is 16.3. The molecule has 0 unspecified atom stereocenters. The average molecular weight is 276 g/mol. The number of nitrogens with one attached hydrogen (secondary N) is 1. The minimum atomic E-state index is -0.155. The van der Waals surface area contributed by atoms with Crippen LogP contribution in [0.2, 0.25) is 0 Å². The Balaban J connectivity index is 2.40. The van der Waals surface area contributed by atoms with Crippen molar-refractivity contribution in [3.05, 3.63) is 23.5 Å². The lowest BCUT2D eigenvalue weighted by Gasteiger charge is -2.09. The molecule has 20 heavy (non-hydrogen) atoms. The summed E-state index contributed by atoms with van der Waals surface area (Å²) in [5, 5.41) is 16.6. The lowest BCUT2D eigenvalue weighted by Crippen LogP contribution is -2.25. The van der Waals surface area contributed by atoms with Crippen LogP contribution < -0.4 is 5.32 Å². The summed E-state index contributed by atoms with van der Waals surface area (Å²) in [4.78, 5) is 16.7. The summed E-state index contributed by atoms with van der Waals surface area (Å²) >= 11 is 0. The number of hydrogen-bond acceptors (Lipinski definition) is 4. The van der Waals surface area contributed by atoms with E-state index in [9.17, 15) is 4.79 Å². The lowest BCUT2D eigenvalue weighted by atomic mass is 10.1.